The Bertz CT molecular complexity index is 435. The minimum Gasteiger partial charge on any atom is -0.495 e. The van der Waals surface area contributed by atoms with E-state index in [-0.39, 0.29) is 6.04 Å². The van der Waals surface area contributed by atoms with Crippen LogP contribution in [0.4, 0.5) is 0 Å². The number of hydrogen-bond donors (Lipinski definition) is 2. The molecule has 2 rings (SSSR count). The van der Waals surface area contributed by atoms with Gasteiger partial charge in [0.1, 0.15) is 0 Å². The van der Waals surface area contributed by atoms with Crippen LogP contribution < -0.4 is 10.5 Å². The van der Waals surface area contributed by atoms with Crippen LogP contribution in [0.15, 0.2) is 23.6 Å². The Morgan fingerprint density at radius 1 is 1.44 bits per heavy atom. The predicted molar refractivity (Wildman–Crippen MR) is 60.8 cm³/mol. The Balaban J connectivity index is 2.00. The van der Waals surface area contributed by atoms with Crippen molar-refractivity contribution < 1.29 is 13.2 Å². The molecule has 1 fully saturated rings. The molecule has 2 aliphatic carbocycles. The number of sulfonamides is 1. The number of nitrogens with two attached hydrogens (primary N) is 1. The van der Waals surface area contributed by atoms with E-state index in [1.807, 2.05) is 6.08 Å². The first-order chi connectivity index (χ1) is 7.44. The molecule has 90 valence electrons. The fourth-order valence-electron chi connectivity index (χ4n) is 1.55. The quantitative estimate of drug-likeness (QED) is 0.741. The zero-order valence-corrected chi connectivity index (χ0v) is 9.96. The molecule has 0 radical (unpaired) electrons. The standard InChI is InChI=1S/C10H16N2O3S/c1-16(13,14)12-10-6-8(4-5-9(10)11)15-7-2-3-7/h4-5,7,10,12H,2-3,6,11H2,1H3. The van der Waals surface area contributed by atoms with Crippen molar-refractivity contribution in [2.75, 3.05) is 6.26 Å². The van der Waals surface area contributed by atoms with Gasteiger partial charge in [-0.25, -0.2) is 13.1 Å². The van der Waals surface area contributed by atoms with E-state index in [2.05, 4.69) is 4.72 Å². The molecule has 16 heavy (non-hydrogen) atoms. The molecule has 0 aromatic rings. The molecule has 3 N–H and O–H groups in total. The zero-order chi connectivity index (χ0) is 11.8. The van der Waals surface area contributed by atoms with Gasteiger partial charge in [-0.05, 0) is 25.0 Å². The van der Waals surface area contributed by atoms with Crippen molar-refractivity contribution in [1.82, 2.24) is 4.72 Å². The molecule has 0 aromatic heterocycles. The minimum absolute atomic E-state index is 0.317. The summed E-state index contributed by atoms with van der Waals surface area (Å²) >= 11 is 0. The number of hydrogen-bond acceptors (Lipinski definition) is 4. The van der Waals surface area contributed by atoms with Gasteiger partial charge in [-0.1, -0.05) is 0 Å². The zero-order valence-electron chi connectivity index (χ0n) is 9.14. The lowest BCUT2D eigenvalue weighted by atomic mass is 10.1. The maximum Gasteiger partial charge on any atom is 0.209 e. The van der Waals surface area contributed by atoms with E-state index in [1.54, 1.807) is 6.08 Å². The third-order valence-electron chi connectivity index (χ3n) is 2.47. The number of nitrogens with one attached hydrogen (secondary N) is 1. The van der Waals surface area contributed by atoms with E-state index >= 15 is 0 Å². The second kappa shape index (κ2) is 4.10. The van der Waals surface area contributed by atoms with Crippen LogP contribution in [0.1, 0.15) is 19.3 Å². The lowest BCUT2D eigenvalue weighted by molar-refractivity contribution is 0.182. The van der Waals surface area contributed by atoms with Gasteiger partial charge in [0.25, 0.3) is 0 Å². The maximum absolute atomic E-state index is 11.1. The van der Waals surface area contributed by atoms with Crippen LogP contribution >= 0.6 is 0 Å². The molecule has 0 saturated heterocycles. The lowest BCUT2D eigenvalue weighted by Crippen LogP contribution is -2.39. The summed E-state index contributed by atoms with van der Waals surface area (Å²) in [4.78, 5) is 0. The normalized spacial score (nSPS) is 25.9. The first-order valence-electron chi connectivity index (χ1n) is 5.24. The van der Waals surface area contributed by atoms with Gasteiger partial charge in [-0.3, -0.25) is 0 Å². The molecule has 1 saturated carbocycles. The summed E-state index contributed by atoms with van der Waals surface area (Å²) in [6.07, 6.45) is 7.61. The highest BCUT2D eigenvalue weighted by Crippen LogP contribution is 2.29. The Morgan fingerprint density at radius 2 is 2.12 bits per heavy atom. The van der Waals surface area contributed by atoms with Gasteiger partial charge >= 0.3 is 0 Å². The predicted octanol–water partition coefficient (Wildman–Crippen LogP) is 0.213. The van der Waals surface area contributed by atoms with Crippen molar-refractivity contribution in [3.05, 3.63) is 23.6 Å². The van der Waals surface area contributed by atoms with Crippen LogP contribution in [0.25, 0.3) is 0 Å². The van der Waals surface area contributed by atoms with Crippen molar-refractivity contribution in [3.63, 3.8) is 0 Å². The smallest absolute Gasteiger partial charge is 0.209 e. The van der Waals surface area contributed by atoms with Gasteiger partial charge in [0.05, 0.1) is 24.2 Å². The summed E-state index contributed by atoms with van der Waals surface area (Å²) in [5.74, 6) is 0.804. The van der Waals surface area contributed by atoms with Crippen molar-refractivity contribution >= 4 is 10.0 Å². The van der Waals surface area contributed by atoms with E-state index in [0.717, 1.165) is 24.9 Å². The van der Waals surface area contributed by atoms with Crippen LogP contribution in [-0.2, 0) is 14.8 Å². The van der Waals surface area contributed by atoms with Crippen LogP contribution in [0.2, 0.25) is 0 Å². The molecular weight excluding hydrogens is 228 g/mol. The fraction of sp³-hybridized carbons (Fsp3) is 0.600. The average molecular weight is 244 g/mol. The SMILES string of the molecule is CS(=O)(=O)NC1CC(OC2CC2)=CC=C1N. The first kappa shape index (κ1) is 11.5. The van der Waals surface area contributed by atoms with Crippen LogP contribution in [-0.4, -0.2) is 26.8 Å². The molecule has 1 atom stereocenters. The van der Waals surface area contributed by atoms with Gasteiger partial charge in [0.15, 0.2) is 0 Å². The Labute approximate surface area is 95.4 Å². The summed E-state index contributed by atoms with van der Waals surface area (Å²) in [5.41, 5.74) is 6.25. The Kier molecular flexibility index (Phi) is 2.94. The second-order valence-corrected chi connectivity index (χ2v) is 6.04. The molecule has 0 heterocycles. The molecule has 0 amide bonds. The molecule has 0 bridgehead atoms. The minimum atomic E-state index is -3.25. The summed E-state index contributed by atoms with van der Waals surface area (Å²) in [5, 5.41) is 0. The number of rotatable bonds is 4. The lowest BCUT2D eigenvalue weighted by Gasteiger charge is -2.22. The third-order valence-corrected chi connectivity index (χ3v) is 3.18. The number of allylic oxidation sites excluding steroid dienone is 2. The molecule has 0 aliphatic heterocycles. The summed E-state index contributed by atoms with van der Waals surface area (Å²) in [6, 6.07) is -0.381. The highest BCUT2D eigenvalue weighted by Gasteiger charge is 2.27. The molecular formula is C10H16N2O3S. The topological polar surface area (TPSA) is 81.4 Å². The molecule has 0 spiro atoms. The van der Waals surface area contributed by atoms with Crippen LogP contribution in [0.3, 0.4) is 0 Å². The molecule has 6 heteroatoms. The van der Waals surface area contributed by atoms with Crippen molar-refractivity contribution in [1.29, 1.82) is 0 Å². The van der Waals surface area contributed by atoms with Crippen molar-refractivity contribution in [2.45, 2.75) is 31.4 Å². The number of ether oxygens (including phenoxy) is 1. The molecule has 2 aliphatic rings. The van der Waals surface area contributed by atoms with E-state index in [9.17, 15) is 8.42 Å². The Hall–Kier alpha value is -1.01. The van der Waals surface area contributed by atoms with Crippen molar-refractivity contribution in [3.8, 4) is 0 Å². The van der Waals surface area contributed by atoms with Gasteiger partial charge in [-0.2, -0.15) is 0 Å². The summed E-state index contributed by atoms with van der Waals surface area (Å²) < 4.78 is 30.4. The van der Waals surface area contributed by atoms with Crippen LogP contribution in [0.5, 0.6) is 0 Å². The van der Waals surface area contributed by atoms with Gasteiger partial charge in [-0.15, -0.1) is 0 Å². The Morgan fingerprint density at radius 3 is 2.69 bits per heavy atom. The first-order valence-corrected chi connectivity index (χ1v) is 7.13. The van der Waals surface area contributed by atoms with Crippen LogP contribution in [0, 0.1) is 0 Å². The molecule has 1 unspecified atom stereocenters. The van der Waals surface area contributed by atoms with Gasteiger partial charge in [0.2, 0.25) is 10.0 Å². The largest absolute Gasteiger partial charge is 0.495 e. The van der Waals surface area contributed by atoms with Gasteiger partial charge in [0, 0.05) is 12.1 Å². The maximum atomic E-state index is 11.1. The van der Waals surface area contributed by atoms with E-state index in [0.29, 0.717) is 18.2 Å². The van der Waals surface area contributed by atoms with Crippen molar-refractivity contribution in [2.24, 2.45) is 5.73 Å². The highest BCUT2D eigenvalue weighted by atomic mass is 32.2. The van der Waals surface area contributed by atoms with E-state index in [1.165, 1.54) is 0 Å². The third kappa shape index (κ3) is 3.24. The van der Waals surface area contributed by atoms with E-state index < -0.39 is 10.0 Å². The summed E-state index contributed by atoms with van der Waals surface area (Å²) in [6.45, 7) is 0. The van der Waals surface area contributed by atoms with E-state index in [4.69, 9.17) is 10.5 Å². The second-order valence-electron chi connectivity index (χ2n) is 4.26. The van der Waals surface area contributed by atoms with Gasteiger partial charge < -0.3 is 10.5 Å². The monoisotopic (exact) mass is 244 g/mol. The highest BCUT2D eigenvalue weighted by molar-refractivity contribution is 7.88. The fourth-order valence-corrected chi connectivity index (χ4v) is 2.28. The molecule has 0 aromatic carbocycles. The average Bonchev–Trinajstić information content (AvgIpc) is 2.92. The summed E-state index contributed by atoms with van der Waals surface area (Å²) in [7, 11) is -3.25. The molecule has 5 nitrogen and oxygen atoms in total.